The SMILES string of the molecule is COc1cc(C)c(S(=O)(=O)N2CCCC2COc2ccnc(Cl)n2)c(C)c1. The maximum atomic E-state index is 13.3. The Bertz CT molecular complexity index is 913. The molecular formula is C18H22ClN3O4S. The Kier molecular flexibility index (Phi) is 5.88. The predicted octanol–water partition coefficient (Wildman–Crippen LogP) is 2.99. The van der Waals surface area contributed by atoms with Gasteiger partial charge in [0.1, 0.15) is 12.4 Å². The van der Waals surface area contributed by atoms with Crippen LogP contribution < -0.4 is 9.47 Å². The second kappa shape index (κ2) is 8.00. The Balaban J connectivity index is 1.83. The highest BCUT2D eigenvalue weighted by Crippen LogP contribution is 2.32. The molecule has 2 heterocycles. The molecule has 2 aromatic rings. The van der Waals surface area contributed by atoms with Crippen molar-refractivity contribution in [2.45, 2.75) is 37.6 Å². The fourth-order valence-electron chi connectivity index (χ4n) is 3.43. The lowest BCUT2D eigenvalue weighted by molar-refractivity contribution is 0.225. The number of aromatic nitrogens is 2. The molecule has 0 amide bonds. The van der Waals surface area contributed by atoms with Crippen molar-refractivity contribution >= 4 is 21.6 Å². The first-order chi connectivity index (χ1) is 12.8. The molecule has 0 N–H and O–H groups in total. The molecule has 9 heteroatoms. The number of aryl methyl sites for hydroxylation is 2. The molecule has 1 atom stereocenters. The van der Waals surface area contributed by atoms with Crippen LogP contribution in [0.15, 0.2) is 29.3 Å². The fourth-order valence-corrected chi connectivity index (χ4v) is 5.66. The molecule has 0 saturated carbocycles. The largest absolute Gasteiger partial charge is 0.497 e. The lowest BCUT2D eigenvalue weighted by Crippen LogP contribution is -2.39. The molecule has 1 aromatic heterocycles. The van der Waals surface area contributed by atoms with Crippen LogP contribution in [0, 0.1) is 13.8 Å². The van der Waals surface area contributed by atoms with Crippen molar-refractivity contribution in [2.24, 2.45) is 0 Å². The maximum Gasteiger partial charge on any atom is 0.243 e. The summed E-state index contributed by atoms with van der Waals surface area (Å²) in [5.74, 6) is 0.974. The summed E-state index contributed by atoms with van der Waals surface area (Å²) >= 11 is 5.76. The number of methoxy groups -OCH3 is 1. The van der Waals surface area contributed by atoms with Gasteiger partial charge in [-0.3, -0.25) is 0 Å². The van der Waals surface area contributed by atoms with Gasteiger partial charge >= 0.3 is 0 Å². The number of hydrogen-bond donors (Lipinski definition) is 0. The molecule has 1 fully saturated rings. The number of halogens is 1. The summed E-state index contributed by atoms with van der Waals surface area (Å²) in [4.78, 5) is 8.12. The monoisotopic (exact) mass is 411 g/mol. The van der Waals surface area contributed by atoms with Gasteiger partial charge < -0.3 is 9.47 Å². The van der Waals surface area contributed by atoms with Crippen molar-refractivity contribution in [3.63, 3.8) is 0 Å². The van der Waals surface area contributed by atoms with Crippen LogP contribution in [0.2, 0.25) is 5.28 Å². The van der Waals surface area contributed by atoms with E-state index in [0.717, 1.165) is 12.8 Å². The minimum absolute atomic E-state index is 0.0906. The summed E-state index contributed by atoms with van der Waals surface area (Å²) in [5.41, 5.74) is 1.34. The van der Waals surface area contributed by atoms with E-state index in [0.29, 0.717) is 34.2 Å². The van der Waals surface area contributed by atoms with Crippen molar-refractivity contribution < 1.29 is 17.9 Å². The normalized spacial score (nSPS) is 17.9. The second-order valence-electron chi connectivity index (χ2n) is 6.48. The van der Waals surface area contributed by atoms with E-state index in [4.69, 9.17) is 21.1 Å². The van der Waals surface area contributed by atoms with Crippen LogP contribution in [0.5, 0.6) is 11.6 Å². The quantitative estimate of drug-likeness (QED) is 0.679. The number of rotatable bonds is 6. The Morgan fingerprint density at radius 1 is 1.30 bits per heavy atom. The molecule has 0 aliphatic carbocycles. The predicted molar refractivity (Wildman–Crippen MR) is 102 cm³/mol. The van der Waals surface area contributed by atoms with Crippen molar-refractivity contribution in [1.29, 1.82) is 0 Å². The molecule has 0 spiro atoms. The molecule has 0 radical (unpaired) electrons. The third kappa shape index (κ3) is 4.17. The molecule has 27 heavy (non-hydrogen) atoms. The molecule has 1 aliphatic rings. The summed E-state index contributed by atoms with van der Waals surface area (Å²) in [5, 5.41) is 0.0906. The smallest absolute Gasteiger partial charge is 0.243 e. The molecule has 7 nitrogen and oxygen atoms in total. The zero-order valence-electron chi connectivity index (χ0n) is 15.5. The molecule has 0 bridgehead atoms. The van der Waals surface area contributed by atoms with Gasteiger partial charge in [0, 0.05) is 18.8 Å². The highest BCUT2D eigenvalue weighted by Gasteiger charge is 2.37. The standard InChI is InChI=1S/C18H22ClN3O4S/c1-12-9-15(25-3)10-13(2)17(12)27(23,24)22-8-4-5-14(22)11-26-16-6-7-20-18(19)21-16/h6-7,9-10,14H,4-5,8,11H2,1-3H3. The number of hydrogen-bond acceptors (Lipinski definition) is 6. The Morgan fingerprint density at radius 2 is 2.00 bits per heavy atom. The first kappa shape index (κ1) is 19.9. The van der Waals surface area contributed by atoms with E-state index >= 15 is 0 Å². The lowest BCUT2D eigenvalue weighted by Gasteiger charge is -2.26. The highest BCUT2D eigenvalue weighted by molar-refractivity contribution is 7.89. The number of nitrogens with zero attached hydrogens (tertiary/aromatic N) is 3. The van der Waals surface area contributed by atoms with Gasteiger partial charge in [-0.15, -0.1) is 0 Å². The van der Waals surface area contributed by atoms with Gasteiger partial charge in [0.05, 0.1) is 18.0 Å². The first-order valence-corrected chi connectivity index (χ1v) is 10.4. The van der Waals surface area contributed by atoms with E-state index in [9.17, 15) is 8.42 Å². The van der Waals surface area contributed by atoms with E-state index in [1.807, 2.05) is 0 Å². The first-order valence-electron chi connectivity index (χ1n) is 8.61. The van der Waals surface area contributed by atoms with E-state index in [-0.39, 0.29) is 17.9 Å². The summed E-state index contributed by atoms with van der Waals surface area (Å²) in [6.45, 7) is 4.24. The van der Waals surface area contributed by atoms with Crippen molar-refractivity contribution in [3.8, 4) is 11.6 Å². The summed E-state index contributed by atoms with van der Waals surface area (Å²) in [7, 11) is -2.08. The molecule has 1 unspecified atom stereocenters. The van der Waals surface area contributed by atoms with Crippen LogP contribution in [0.1, 0.15) is 24.0 Å². The Morgan fingerprint density at radius 3 is 2.63 bits per heavy atom. The van der Waals surface area contributed by atoms with Gasteiger partial charge in [-0.25, -0.2) is 13.4 Å². The highest BCUT2D eigenvalue weighted by atomic mass is 35.5. The average Bonchev–Trinajstić information content (AvgIpc) is 3.08. The third-order valence-electron chi connectivity index (χ3n) is 4.58. The molecule has 1 saturated heterocycles. The fraction of sp³-hybridized carbons (Fsp3) is 0.444. The average molecular weight is 412 g/mol. The minimum Gasteiger partial charge on any atom is -0.497 e. The number of ether oxygens (including phenoxy) is 2. The Labute approximate surface area is 164 Å². The topological polar surface area (TPSA) is 81.6 Å². The van der Waals surface area contributed by atoms with Crippen LogP contribution in [0.25, 0.3) is 0 Å². The minimum atomic E-state index is -3.65. The van der Waals surface area contributed by atoms with Gasteiger partial charge in [-0.1, -0.05) is 0 Å². The van der Waals surface area contributed by atoms with E-state index in [1.54, 1.807) is 39.2 Å². The van der Waals surface area contributed by atoms with Crippen molar-refractivity contribution in [1.82, 2.24) is 14.3 Å². The number of benzene rings is 1. The van der Waals surface area contributed by atoms with Crippen LogP contribution in [0.3, 0.4) is 0 Å². The summed E-state index contributed by atoms with van der Waals surface area (Å²) < 4.78 is 39.1. The van der Waals surface area contributed by atoms with Crippen molar-refractivity contribution in [3.05, 3.63) is 40.8 Å². The third-order valence-corrected chi connectivity index (χ3v) is 7.02. The van der Waals surface area contributed by atoms with Gasteiger partial charge in [-0.2, -0.15) is 9.29 Å². The molecule has 146 valence electrons. The van der Waals surface area contributed by atoms with Crippen LogP contribution >= 0.6 is 11.6 Å². The van der Waals surface area contributed by atoms with Gasteiger partial charge in [0.15, 0.2) is 0 Å². The van der Waals surface area contributed by atoms with Crippen LogP contribution in [0.4, 0.5) is 0 Å². The molecule has 3 rings (SSSR count). The van der Waals surface area contributed by atoms with Crippen LogP contribution in [-0.4, -0.2) is 49.0 Å². The van der Waals surface area contributed by atoms with Gasteiger partial charge in [0.25, 0.3) is 0 Å². The molecule has 1 aliphatic heterocycles. The molecule has 1 aromatic carbocycles. The zero-order chi connectivity index (χ0) is 19.6. The van der Waals surface area contributed by atoms with Gasteiger partial charge in [0.2, 0.25) is 21.2 Å². The summed E-state index contributed by atoms with van der Waals surface area (Å²) in [6.07, 6.45) is 3.01. The van der Waals surface area contributed by atoms with Crippen molar-refractivity contribution in [2.75, 3.05) is 20.3 Å². The second-order valence-corrected chi connectivity index (χ2v) is 8.64. The van der Waals surface area contributed by atoms with E-state index < -0.39 is 10.0 Å². The van der Waals surface area contributed by atoms with E-state index in [1.165, 1.54) is 10.5 Å². The zero-order valence-corrected chi connectivity index (χ0v) is 17.0. The van der Waals surface area contributed by atoms with E-state index in [2.05, 4.69) is 9.97 Å². The number of sulfonamides is 1. The van der Waals surface area contributed by atoms with Crippen LogP contribution in [-0.2, 0) is 10.0 Å². The van der Waals surface area contributed by atoms with Gasteiger partial charge in [-0.05, 0) is 61.5 Å². The Hall–Kier alpha value is -1.90. The lowest BCUT2D eigenvalue weighted by atomic mass is 10.1. The summed E-state index contributed by atoms with van der Waals surface area (Å²) in [6, 6.07) is 4.82. The molecular weight excluding hydrogens is 390 g/mol. The maximum absolute atomic E-state index is 13.3.